The molecule has 1 aliphatic heterocycles. The lowest BCUT2D eigenvalue weighted by atomic mass is 10.2. The van der Waals surface area contributed by atoms with Gasteiger partial charge in [-0.1, -0.05) is 30.3 Å². The van der Waals surface area contributed by atoms with Gasteiger partial charge in [0.1, 0.15) is 0 Å². The lowest BCUT2D eigenvalue weighted by molar-refractivity contribution is 0.175. The Hall–Kier alpha value is -2.58. The van der Waals surface area contributed by atoms with Crippen LogP contribution in [0.2, 0.25) is 0 Å². The van der Waals surface area contributed by atoms with E-state index in [-0.39, 0.29) is 0 Å². The molecule has 0 bridgehead atoms. The molecule has 1 aromatic carbocycles. The number of aromatic nitrogens is 2. The van der Waals surface area contributed by atoms with Crippen molar-refractivity contribution in [2.75, 3.05) is 38.0 Å². The van der Waals surface area contributed by atoms with Crippen LogP contribution >= 0.6 is 12.2 Å². The molecule has 1 aromatic heterocycles. The van der Waals surface area contributed by atoms with E-state index in [0.717, 1.165) is 50.7 Å². The molecular formula is C21H29N7S. The molecule has 3 rings (SSSR count). The molecular weight excluding hydrogens is 382 g/mol. The van der Waals surface area contributed by atoms with Crippen molar-refractivity contribution in [1.29, 1.82) is 0 Å². The molecule has 0 saturated carbocycles. The Bertz CT molecular complexity index is 825. The molecule has 0 unspecified atom stereocenters. The number of benzene rings is 1. The van der Waals surface area contributed by atoms with Crippen LogP contribution in [0.25, 0.3) is 0 Å². The number of hydrogen-bond donors (Lipinski definition) is 2. The monoisotopic (exact) mass is 411 g/mol. The highest BCUT2D eigenvalue weighted by Crippen LogP contribution is 2.11. The molecule has 1 aliphatic rings. The molecule has 0 amide bonds. The number of thiocarbonyl (C=S) groups is 1. The van der Waals surface area contributed by atoms with Crippen LogP contribution in [0.4, 0.5) is 5.95 Å². The van der Waals surface area contributed by atoms with Crippen molar-refractivity contribution < 1.29 is 0 Å². The number of nitrogens with one attached hydrogen (secondary N) is 2. The van der Waals surface area contributed by atoms with Crippen molar-refractivity contribution in [3.8, 4) is 0 Å². The van der Waals surface area contributed by atoms with Gasteiger partial charge >= 0.3 is 0 Å². The number of nitrogens with zero attached hydrogens (tertiary/aromatic N) is 5. The number of anilines is 1. The minimum atomic E-state index is 0.464. The zero-order valence-corrected chi connectivity index (χ0v) is 18.2. The molecule has 0 radical (unpaired) electrons. The van der Waals surface area contributed by atoms with E-state index in [4.69, 9.17) is 12.2 Å². The predicted octanol–water partition coefficient (Wildman–Crippen LogP) is 2.57. The molecule has 2 N–H and O–H groups in total. The summed E-state index contributed by atoms with van der Waals surface area (Å²) in [5, 5.41) is 6.85. The molecule has 8 heteroatoms. The lowest BCUT2D eigenvalue weighted by Crippen LogP contribution is -2.50. The lowest BCUT2D eigenvalue weighted by Gasteiger charge is -2.36. The van der Waals surface area contributed by atoms with Crippen molar-refractivity contribution in [3.05, 3.63) is 53.3 Å². The smallest absolute Gasteiger partial charge is 0.229 e. The predicted molar refractivity (Wildman–Crippen MR) is 122 cm³/mol. The average molecular weight is 412 g/mol. The molecule has 2 heterocycles. The first-order valence-corrected chi connectivity index (χ1v) is 10.4. The van der Waals surface area contributed by atoms with Gasteiger partial charge in [0.25, 0.3) is 0 Å². The van der Waals surface area contributed by atoms with Crippen molar-refractivity contribution in [2.24, 2.45) is 4.99 Å². The van der Waals surface area contributed by atoms with Gasteiger partial charge in [-0.05, 0) is 44.6 Å². The minimum absolute atomic E-state index is 0.464. The molecule has 0 spiro atoms. The molecule has 0 atom stereocenters. The van der Waals surface area contributed by atoms with Gasteiger partial charge in [0, 0.05) is 50.7 Å². The quantitative estimate of drug-likeness (QED) is 0.455. The van der Waals surface area contributed by atoms with E-state index < -0.39 is 0 Å². The summed E-state index contributed by atoms with van der Waals surface area (Å²) >= 11 is 5.36. The molecule has 7 nitrogen and oxygen atoms in total. The minimum Gasteiger partial charge on any atom is -0.361 e. The van der Waals surface area contributed by atoms with Gasteiger partial charge in [-0.3, -0.25) is 10.2 Å². The number of hydrogen-bond acceptors (Lipinski definition) is 4. The van der Waals surface area contributed by atoms with E-state index in [0.29, 0.717) is 17.0 Å². The summed E-state index contributed by atoms with van der Waals surface area (Å²) in [7, 11) is 0. The molecule has 1 saturated heterocycles. The Labute approximate surface area is 178 Å². The summed E-state index contributed by atoms with van der Waals surface area (Å²) in [6, 6.07) is 12.5. The fraction of sp³-hybridized carbons (Fsp3) is 0.429. The van der Waals surface area contributed by atoms with E-state index >= 15 is 0 Å². The fourth-order valence-corrected chi connectivity index (χ4v) is 3.54. The normalized spacial score (nSPS) is 15.3. The third-order valence-corrected chi connectivity index (χ3v) is 4.90. The largest absolute Gasteiger partial charge is 0.361 e. The van der Waals surface area contributed by atoms with Crippen LogP contribution in [0.3, 0.4) is 0 Å². The second-order valence-electron chi connectivity index (χ2n) is 7.12. The maximum absolute atomic E-state index is 5.36. The summed E-state index contributed by atoms with van der Waals surface area (Å²) in [5.41, 5.74) is 3.17. The van der Waals surface area contributed by atoms with Gasteiger partial charge in [0.05, 0.1) is 0 Å². The van der Waals surface area contributed by atoms with Crippen molar-refractivity contribution in [1.82, 2.24) is 25.1 Å². The van der Waals surface area contributed by atoms with Crippen LogP contribution < -0.4 is 10.6 Å². The van der Waals surface area contributed by atoms with Crippen LogP contribution in [-0.4, -0.2) is 63.6 Å². The van der Waals surface area contributed by atoms with Crippen molar-refractivity contribution >= 4 is 29.2 Å². The van der Waals surface area contributed by atoms with Crippen LogP contribution in [-0.2, 0) is 6.54 Å². The number of guanidine groups is 1. The van der Waals surface area contributed by atoms with Gasteiger partial charge in [-0.15, -0.1) is 0 Å². The van der Waals surface area contributed by atoms with Crippen molar-refractivity contribution in [2.45, 2.75) is 27.3 Å². The van der Waals surface area contributed by atoms with Gasteiger partial charge in [0.15, 0.2) is 5.11 Å². The van der Waals surface area contributed by atoms with E-state index in [1.54, 1.807) is 0 Å². The second-order valence-corrected chi connectivity index (χ2v) is 7.51. The average Bonchev–Trinajstić information content (AvgIpc) is 2.68. The number of aryl methyl sites for hydroxylation is 2. The highest BCUT2D eigenvalue weighted by Gasteiger charge is 2.21. The van der Waals surface area contributed by atoms with E-state index in [9.17, 15) is 0 Å². The Morgan fingerprint density at radius 1 is 1.07 bits per heavy atom. The van der Waals surface area contributed by atoms with E-state index in [1.165, 1.54) is 5.56 Å². The summed E-state index contributed by atoms with van der Waals surface area (Å²) in [6.07, 6.45) is 0. The van der Waals surface area contributed by atoms with E-state index in [2.05, 4.69) is 65.7 Å². The zero-order valence-electron chi connectivity index (χ0n) is 17.4. The summed E-state index contributed by atoms with van der Waals surface area (Å²) in [5.74, 6) is 1.24. The summed E-state index contributed by atoms with van der Waals surface area (Å²) in [6.45, 7) is 11.3. The highest BCUT2D eigenvalue weighted by molar-refractivity contribution is 7.80. The first-order chi connectivity index (χ1) is 14.0. The maximum Gasteiger partial charge on any atom is 0.229 e. The van der Waals surface area contributed by atoms with Crippen LogP contribution in [0.15, 0.2) is 41.4 Å². The third kappa shape index (κ3) is 6.47. The maximum atomic E-state index is 5.36. The molecule has 1 fully saturated rings. The molecule has 154 valence electrons. The topological polar surface area (TPSA) is 68.7 Å². The molecule has 0 aliphatic carbocycles. The first kappa shape index (κ1) is 21.1. The SMILES string of the molecule is CCNC(=S)/N=C(/Nc1nc(C)cc(C)n1)N1CCN(Cc2ccccc2)CC1. The molecule has 29 heavy (non-hydrogen) atoms. The first-order valence-electron chi connectivity index (χ1n) is 10.0. The standard InChI is InChI=1S/C21H29N7S/c1-4-22-21(29)26-20(25-19-23-16(2)14-17(3)24-19)28-12-10-27(11-13-28)15-18-8-6-5-7-9-18/h5-9,14H,4,10-13,15H2,1-3H3,(H2,22,23,24,25,26,29). The fourth-order valence-electron chi connectivity index (χ4n) is 3.31. The Balaban J connectivity index is 1.69. The second kappa shape index (κ2) is 10.3. The summed E-state index contributed by atoms with van der Waals surface area (Å²) in [4.78, 5) is 18.3. The van der Waals surface area contributed by atoms with Gasteiger partial charge in [-0.2, -0.15) is 4.99 Å². The van der Waals surface area contributed by atoms with Crippen molar-refractivity contribution in [3.63, 3.8) is 0 Å². The number of piperazine rings is 1. The summed E-state index contributed by atoms with van der Waals surface area (Å²) < 4.78 is 0. The van der Waals surface area contributed by atoms with Gasteiger partial charge < -0.3 is 10.2 Å². The zero-order chi connectivity index (χ0) is 20.6. The Morgan fingerprint density at radius 3 is 2.34 bits per heavy atom. The highest BCUT2D eigenvalue weighted by atomic mass is 32.1. The number of rotatable bonds is 4. The van der Waals surface area contributed by atoms with Gasteiger partial charge in [-0.25, -0.2) is 9.97 Å². The van der Waals surface area contributed by atoms with Crippen LogP contribution in [0.1, 0.15) is 23.9 Å². The third-order valence-electron chi connectivity index (χ3n) is 4.66. The van der Waals surface area contributed by atoms with Gasteiger partial charge in [0.2, 0.25) is 11.9 Å². The molecule has 2 aromatic rings. The Morgan fingerprint density at radius 2 is 1.72 bits per heavy atom. The number of aliphatic imine (C=N–C) groups is 1. The van der Waals surface area contributed by atoms with Crippen LogP contribution in [0, 0.1) is 13.8 Å². The Kier molecular flexibility index (Phi) is 7.48. The van der Waals surface area contributed by atoms with Crippen LogP contribution in [0.5, 0.6) is 0 Å². The van der Waals surface area contributed by atoms with E-state index in [1.807, 2.05) is 26.8 Å².